The lowest BCUT2D eigenvalue weighted by molar-refractivity contribution is -0.398. The Balaban J connectivity index is 2.61. The number of amides is 2. The number of carbonyl (C=O) groups excluding carboxylic acids is 2. The van der Waals surface area contributed by atoms with Gasteiger partial charge in [0.05, 0.1) is 11.0 Å². The number of allylic oxidation sites excluding steroid dienone is 1. The standard InChI is InChI=1S/C13H13N3O5/c1-6-10(7(2)17)11(15-13(19)14-6)8-4-3-5-9(12(8)18)16(20)21/h3-5,11,18H,1-2H3,(H2,14,15,19)/p-1/t11-/m0/s1. The second kappa shape index (κ2) is 5.23. The molecule has 21 heavy (non-hydrogen) atoms. The molecule has 0 saturated heterocycles. The highest BCUT2D eigenvalue weighted by atomic mass is 16.6. The maximum absolute atomic E-state index is 12.1. The fourth-order valence-electron chi connectivity index (χ4n) is 2.31. The summed E-state index contributed by atoms with van der Waals surface area (Å²) in [6, 6.07) is 2.22. The molecule has 0 spiro atoms. The number of nitro groups is 1. The topological polar surface area (TPSA) is 124 Å². The summed E-state index contributed by atoms with van der Waals surface area (Å²) >= 11 is 0. The molecule has 1 aliphatic rings. The van der Waals surface area contributed by atoms with Crippen LogP contribution in [0.25, 0.3) is 0 Å². The van der Waals surface area contributed by atoms with E-state index < -0.39 is 28.4 Å². The highest BCUT2D eigenvalue weighted by Gasteiger charge is 2.30. The molecule has 2 N–H and O–H groups in total. The van der Waals surface area contributed by atoms with Crippen LogP contribution in [0.15, 0.2) is 29.5 Å². The molecule has 1 aliphatic heterocycles. The van der Waals surface area contributed by atoms with E-state index in [0.717, 1.165) is 6.07 Å². The molecule has 1 aromatic rings. The molecule has 1 heterocycles. The number of Topliss-reactive ketones (excluding diaryl/α,β-unsaturated/α-hetero) is 1. The predicted octanol–water partition coefficient (Wildman–Crippen LogP) is 0.885. The van der Waals surface area contributed by atoms with Gasteiger partial charge in [0.25, 0.3) is 5.69 Å². The van der Waals surface area contributed by atoms with Crippen LogP contribution in [0.3, 0.4) is 0 Å². The summed E-state index contributed by atoms with van der Waals surface area (Å²) in [7, 11) is 0. The van der Waals surface area contributed by atoms with Gasteiger partial charge in [0.1, 0.15) is 0 Å². The van der Waals surface area contributed by atoms with Gasteiger partial charge in [0.2, 0.25) is 0 Å². The molecule has 0 unspecified atom stereocenters. The van der Waals surface area contributed by atoms with Gasteiger partial charge in [-0.25, -0.2) is 4.79 Å². The zero-order chi connectivity index (χ0) is 15.7. The Morgan fingerprint density at radius 3 is 2.62 bits per heavy atom. The number of rotatable bonds is 3. The largest absolute Gasteiger partial charge is 0.868 e. The molecule has 8 heteroatoms. The number of urea groups is 1. The molecule has 0 aliphatic carbocycles. The van der Waals surface area contributed by atoms with Crippen LogP contribution in [0.4, 0.5) is 10.5 Å². The minimum absolute atomic E-state index is 0.0106. The van der Waals surface area contributed by atoms with Gasteiger partial charge in [-0.05, 0) is 25.2 Å². The fourth-order valence-corrected chi connectivity index (χ4v) is 2.31. The molecule has 8 nitrogen and oxygen atoms in total. The first-order valence-electron chi connectivity index (χ1n) is 6.06. The van der Waals surface area contributed by atoms with E-state index in [1.54, 1.807) is 0 Å². The van der Waals surface area contributed by atoms with Gasteiger partial charge in [0.15, 0.2) is 5.78 Å². The normalized spacial score (nSPS) is 18.0. The molecule has 0 radical (unpaired) electrons. The third-order valence-electron chi connectivity index (χ3n) is 3.18. The van der Waals surface area contributed by atoms with Crippen molar-refractivity contribution in [1.29, 1.82) is 0 Å². The van der Waals surface area contributed by atoms with Gasteiger partial charge in [-0.2, -0.15) is 0 Å². The molecular weight excluding hydrogens is 278 g/mol. The molecule has 2 amide bonds. The van der Waals surface area contributed by atoms with Gasteiger partial charge < -0.3 is 15.7 Å². The quantitative estimate of drug-likeness (QED) is 0.631. The highest BCUT2D eigenvalue weighted by Crippen LogP contribution is 2.36. The van der Waals surface area contributed by atoms with Crippen LogP contribution < -0.4 is 15.7 Å². The maximum Gasteiger partial charge on any atom is 0.319 e. The summed E-state index contributed by atoms with van der Waals surface area (Å²) in [5.74, 6) is -1.16. The average molecular weight is 290 g/mol. The Kier molecular flexibility index (Phi) is 3.62. The van der Waals surface area contributed by atoms with Crippen LogP contribution in [0.2, 0.25) is 0 Å². The number of carbonyl (C=O) groups is 2. The van der Waals surface area contributed by atoms with Gasteiger partial charge in [-0.1, -0.05) is 12.1 Å². The molecule has 110 valence electrons. The van der Waals surface area contributed by atoms with Crippen LogP contribution in [0.5, 0.6) is 5.75 Å². The van der Waals surface area contributed by atoms with Gasteiger partial charge in [-0.3, -0.25) is 14.9 Å². The number of ketones is 1. The third-order valence-corrected chi connectivity index (χ3v) is 3.18. The fraction of sp³-hybridized carbons (Fsp3) is 0.231. The number of nitro benzene ring substituents is 1. The van der Waals surface area contributed by atoms with Crippen LogP contribution >= 0.6 is 0 Å². The van der Waals surface area contributed by atoms with E-state index >= 15 is 0 Å². The van der Waals surface area contributed by atoms with E-state index in [1.807, 2.05) is 0 Å². The molecule has 0 aromatic heterocycles. The summed E-state index contributed by atoms with van der Waals surface area (Å²) in [5, 5.41) is 27.9. The van der Waals surface area contributed by atoms with Crippen molar-refractivity contribution in [3.8, 4) is 5.75 Å². The summed E-state index contributed by atoms with van der Waals surface area (Å²) in [6.07, 6.45) is 0. The van der Waals surface area contributed by atoms with E-state index in [1.165, 1.54) is 26.0 Å². The molecule has 1 atom stereocenters. The Hall–Kier alpha value is -2.90. The smallest absolute Gasteiger partial charge is 0.319 e. The molecular formula is C13H12N3O5-. The second-order valence-electron chi connectivity index (χ2n) is 4.58. The summed E-state index contributed by atoms with van der Waals surface area (Å²) in [6.45, 7) is 2.83. The van der Waals surface area contributed by atoms with E-state index in [0.29, 0.717) is 5.70 Å². The van der Waals surface area contributed by atoms with Crippen LogP contribution in [0, 0.1) is 10.1 Å². The van der Waals surface area contributed by atoms with Crippen molar-refractivity contribution in [1.82, 2.24) is 10.6 Å². The Morgan fingerprint density at radius 1 is 1.38 bits per heavy atom. The SMILES string of the molecule is CC(=O)C1=C(C)NC(=O)N[C@H]1c1cccc([N+](=O)[O-])c1[O-]. The Bertz CT molecular complexity index is 680. The third kappa shape index (κ3) is 2.55. The van der Waals surface area contributed by atoms with Crippen molar-refractivity contribution >= 4 is 17.5 Å². The number of nitrogens with zero attached hydrogens (tertiary/aromatic N) is 1. The lowest BCUT2D eigenvalue weighted by atomic mass is 9.92. The summed E-state index contributed by atoms with van der Waals surface area (Å²) in [4.78, 5) is 33.3. The number of nitrogens with one attached hydrogen (secondary N) is 2. The first-order chi connectivity index (χ1) is 9.82. The Morgan fingerprint density at radius 2 is 2.05 bits per heavy atom. The monoisotopic (exact) mass is 290 g/mol. The zero-order valence-corrected chi connectivity index (χ0v) is 11.3. The minimum Gasteiger partial charge on any atom is -0.868 e. The van der Waals surface area contributed by atoms with E-state index in [4.69, 9.17) is 0 Å². The molecule has 0 fully saturated rings. The van der Waals surface area contributed by atoms with Crippen molar-refractivity contribution in [2.75, 3.05) is 0 Å². The van der Waals surface area contributed by atoms with Crippen LogP contribution in [-0.4, -0.2) is 16.7 Å². The molecule has 0 saturated carbocycles. The summed E-state index contributed by atoms with van der Waals surface area (Å²) < 4.78 is 0. The maximum atomic E-state index is 12.1. The van der Waals surface area contributed by atoms with Gasteiger partial charge in [-0.15, -0.1) is 0 Å². The van der Waals surface area contributed by atoms with Crippen molar-refractivity contribution in [3.05, 3.63) is 45.1 Å². The van der Waals surface area contributed by atoms with Crippen LogP contribution in [0.1, 0.15) is 25.5 Å². The van der Waals surface area contributed by atoms with Crippen molar-refractivity contribution in [3.63, 3.8) is 0 Å². The zero-order valence-electron chi connectivity index (χ0n) is 11.3. The molecule has 1 aromatic carbocycles. The number of hydrogen-bond acceptors (Lipinski definition) is 5. The predicted molar refractivity (Wildman–Crippen MR) is 70.3 cm³/mol. The van der Waals surface area contributed by atoms with E-state index in [9.17, 15) is 24.8 Å². The van der Waals surface area contributed by atoms with E-state index in [2.05, 4.69) is 10.6 Å². The van der Waals surface area contributed by atoms with Crippen molar-refractivity contribution < 1.29 is 19.6 Å². The number of benzene rings is 1. The number of hydrogen-bond donors (Lipinski definition) is 2. The van der Waals surface area contributed by atoms with Crippen LogP contribution in [-0.2, 0) is 4.79 Å². The Labute approximate surface area is 119 Å². The first kappa shape index (κ1) is 14.5. The van der Waals surface area contributed by atoms with Gasteiger partial charge in [0, 0.05) is 17.3 Å². The van der Waals surface area contributed by atoms with E-state index in [-0.39, 0.29) is 16.9 Å². The highest BCUT2D eigenvalue weighted by molar-refractivity contribution is 5.98. The lowest BCUT2D eigenvalue weighted by Gasteiger charge is -2.30. The minimum atomic E-state index is -0.997. The first-order valence-corrected chi connectivity index (χ1v) is 6.06. The van der Waals surface area contributed by atoms with Gasteiger partial charge >= 0.3 is 6.03 Å². The molecule has 0 bridgehead atoms. The second-order valence-corrected chi connectivity index (χ2v) is 4.58. The number of para-hydroxylation sites is 1. The van der Waals surface area contributed by atoms with Crippen molar-refractivity contribution in [2.24, 2.45) is 0 Å². The summed E-state index contributed by atoms with van der Waals surface area (Å²) in [5.41, 5.74) is -0.0845. The van der Waals surface area contributed by atoms with Crippen molar-refractivity contribution in [2.45, 2.75) is 19.9 Å². The lowest BCUT2D eigenvalue weighted by Crippen LogP contribution is -2.45. The molecule has 2 rings (SSSR count). The average Bonchev–Trinajstić information content (AvgIpc) is 2.36.